The molecule has 3 heteroatoms. The average molecular weight is 321 g/mol. The number of halogens is 1. The van der Waals surface area contributed by atoms with Gasteiger partial charge in [-0.05, 0) is 40.3 Å². The molecule has 2 unspecified atom stereocenters. The molecule has 2 N–H and O–H groups in total. The Morgan fingerprint density at radius 2 is 1.74 bits per heavy atom. The summed E-state index contributed by atoms with van der Waals surface area (Å²) in [5.41, 5.74) is 3.93. The Balaban J connectivity index is 2.02. The molecule has 2 aromatic rings. The molecule has 3 rings (SSSR count). The fourth-order valence-corrected chi connectivity index (χ4v) is 3.38. The molecule has 0 heterocycles. The maximum atomic E-state index is 10.0. The lowest BCUT2D eigenvalue weighted by Gasteiger charge is -2.17. The normalized spacial score (nSPS) is 16.8. The van der Waals surface area contributed by atoms with Crippen LogP contribution in [0.25, 0.3) is 10.8 Å². The minimum atomic E-state index is -0.724. The van der Waals surface area contributed by atoms with Gasteiger partial charge in [-0.3, -0.25) is 0 Å². The van der Waals surface area contributed by atoms with E-state index in [1.165, 1.54) is 21.9 Å². The van der Waals surface area contributed by atoms with Gasteiger partial charge in [-0.25, -0.2) is 0 Å². The molecule has 0 saturated carbocycles. The number of aliphatic hydroxyl groups excluding tert-OH is 2. The van der Waals surface area contributed by atoms with Gasteiger partial charge in [0.2, 0.25) is 0 Å². The van der Waals surface area contributed by atoms with Crippen molar-refractivity contribution in [3.05, 3.63) is 47.0 Å². The van der Waals surface area contributed by atoms with E-state index < -0.39 is 12.2 Å². The molecule has 2 atom stereocenters. The predicted molar refractivity (Wildman–Crippen MR) is 80.9 cm³/mol. The van der Waals surface area contributed by atoms with Crippen LogP contribution in [0.4, 0.5) is 0 Å². The zero-order chi connectivity index (χ0) is 13.4. The molecule has 1 aliphatic rings. The predicted octanol–water partition coefficient (Wildman–Crippen LogP) is 2.60. The summed E-state index contributed by atoms with van der Waals surface area (Å²) >= 11 is 3.20. The van der Waals surface area contributed by atoms with Crippen molar-refractivity contribution in [2.24, 2.45) is 0 Å². The lowest BCUT2D eigenvalue weighted by Crippen LogP contribution is -2.29. The maximum Gasteiger partial charge on any atom is 0.0898 e. The topological polar surface area (TPSA) is 40.5 Å². The van der Waals surface area contributed by atoms with Crippen molar-refractivity contribution in [3.63, 3.8) is 0 Å². The second-order valence-corrected chi connectivity index (χ2v) is 5.86. The maximum absolute atomic E-state index is 10.0. The SMILES string of the molecule is OC(CBr)C(O)Cc1ccc2c3c(cccc13)CC2. The van der Waals surface area contributed by atoms with Gasteiger partial charge >= 0.3 is 0 Å². The van der Waals surface area contributed by atoms with Gasteiger partial charge in [-0.1, -0.05) is 46.3 Å². The number of hydrogen-bond donors (Lipinski definition) is 2. The Hall–Kier alpha value is -0.900. The minimum Gasteiger partial charge on any atom is -0.390 e. The first-order valence-electron chi connectivity index (χ1n) is 6.65. The Morgan fingerprint density at radius 3 is 2.47 bits per heavy atom. The highest BCUT2D eigenvalue weighted by molar-refractivity contribution is 9.09. The van der Waals surface area contributed by atoms with Crippen molar-refractivity contribution < 1.29 is 10.2 Å². The molecular formula is C16H17BrO2. The molecule has 0 spiro atoms. The van der Waals surface area contributed by atoms with E-state index in [1.807, 2.05) is 0 Å². The van der Waals surface area contributed by atoms with Gasteiger partial charge in [-0.15, -0.1) is 0 Å². The minimum absolute atomic E-state index is 0.398. The quantitative estimate of drug-likeness (QED) is 0.850. The van der Waals surface area contributed by atoms with E-state index in [-0.39, 0.29) is 0 Å². The van der Waals surface area contributed by atoms with Gasteiger partial charge < -0.3 is 10.2 Å². The lowest BCUT2D eigenvalue weighted by molar-refractivity contribution is 0.0358. The molecule has 0 saturated heterocycles. The fraction of sp³-hybridized carbons (Fsp3) is 0.375. The fourth-order valence-electron chi connectivity index (χ4n) is 2.95. The number of rotatable bonds is 4. The van der Waals surface area contributed by atoms with Crippen LogP contribution in [0.2, 0.25) is 0 Å². The first-order chi connectivity index (χ1) is 9.20. The first kappa shape index (κ1) is 13.1. The summed E-state index contributed by atoms with van der Waals surface area (Å²) < 4.78 is 0. The van der Waals surface area contributed by atoms with Gasteiger partial charge in [0.15, 0.2) is 0 Å². The van der Waals surface area contributed by atoms with E-state index in [2.05, 4.69) is 46.3 Å². The molecule has 0 radical (unpaired) electrons. The summed E-state index contributed by atoms with van der Waals surface area (Å²) in [5, 5.41) is 22.7. The van der Waals surface area contributed by atoms with Gasteiger partial charge in [0, 0.05) is 11.8 Å². The van der Waals surface area contributed by atoms with E-state index in [0.29, 0.717) is 11.8 Å². The Bertz CT molecular complexity index is 599. The Labute approximate surface area is 121 Å². The highest BCUT2D eigenvalue weighted by atomic mass is 79.9. The summed E-state index contributed by atoms with van der Waals surface area (Å²) in [6, 6.07) is 10.7. The lowest BCUT2D eigenvalue weighted by atomic mass is 9.95. The second-order valence-electron chi connectivity index (χ2n) is 5.22. The van der Waals surface area contributed by atoms with Crippen LogP contribution in [0, 0.1) is 0 Å². The van der Waals surface area contributed by atoms with E-state index in [0.717, 1.165) is 18.4 Å². The van der Waals surface area contributed by atoms with Crippen LogP contribution in [-0.2, 0) is 19.3 Å². The van der Waals surface area contributed by atoms with E-state index in [4.69, 9.17) is 0 Å². The van der Waals surface area contributed by atoms with Crippen molar-refractivity contribution >= 4 is 26.7 Å². The van der Waals surface area contributed by atoms with Crippen LogP contribution in [0.15, 0.2) is 30.3 Å². The number of benzene rings is 2. The molecule has 2 aromatic carbocycles. The third-order valence-corrected chi connectivity index (χ3v) is 4.66. The summed E-state index contributed by atoms with van der Waals surface area (Å²) in [4.78, 5) is 0. The first-order valence-corrected chi connectivity index (χ1v) is 7.77. The summed E-state index contributed by atoms with van der Waals surface area (Å²) in [7, 11) is 0. The van der Waals surface area contributed by atoms with Gasteiger partial charge in [0.25, 0.3) is 0 Å². The zero-order valence-corrected chi connectivity index (χ0v) is 12.2. The van der Waals surface area contributed by atoms with Crippen LogP contribution in [0.1, 0.15) is 16.7 Å². The standard InChI is InChI=1S/C16H17BrO2/c17-9-15(19)14(18)8-12-7-6-11-5-4-10-2-1-3-13(12)16(10)11/h1-3,6-7,14-15,18-19H,4-5,8-9H2. The molecule has 0 aromatic heterocycles. The summed E-state index contributed by atoms with van der Waals surface area (Å²) in [5.74, 6) is 0. The van der Waals surface area contributed by atoms with Crippen molar-refractivity contribution in [2.75, 3.05) is 5.33 Å². The van der Waals surface area contributed by atoms with Crippen molar-refractivity contribution in [3.8, 4) is 0 Å². The molecule has 0 fully saturated rings. The smallest absolute Gasteiger partial charge is 0.0898 e. The molecule has 0 aliphatic heterocycles. The zero-order valence-electron chi connectivity index (χ0n) is 10.6. The number of aliphatic hydroxyl groups is 2. The van der Waals surface area contributed by atoms with Crippen LogP contribution in [0.3, 0.4) is 0 Å². The third-order valence-electron chi connectivity index (χ3n) is 4.00. The molecule has 0 bridgehead atoms. The summed E-state index contributed by atoms with van der Waals surface area (Å²) in [6.07, 6.45) is 1.28. The molecule has 1 aliphatic carbocycles. The van der Waals surface area contributed by atoms with Crippen LogP contribution in [0.5, 0.6) is 0 Å². The van der Waals surface area contributed by atoms with E-state index in [9.17, 15) is 10.2 Å². The second kappa shape index (κ2) is 5.23. The van der Waals surface area contributed by atoms with Crippen LogP contribution < -0.4 is 0 Å². The largest absolute Gasteiger partial charge is 0.390 e. The molecule has 0 amide bonds. The monoisotopic (exact) mass is 320 g/mol. The number of aryl methyl sites for hydroxylation is 2. The Morgan fingerprint density at radius 1 is 1.00 bits per heavy atom. The average Bonchev–Trinajstić information content (AvgIpc) is 2.86. The number of hydrogen-bond acceptors (Lipinski definition) is 2. The van der Waals surface area contributed by atoms with Gasteiger partial charge in [0.05, 0.1) is 12.2 Å². The van der Waals surface area contributed by atoms with Gasteiger partial charge in [-0.2, -0.15) is 0 Å². The third kappa shape index (κ3) is 2.31. The number of alkyl halides is 1. The Kier molecular flexibility index (Phi) is 3.61. The van der Waals surface area contributed by atoms with Crippen molar-refractivity contribution in [1.82, 2.24) is 0 Å². The van der Waals surface area contributed by atoms with Crippen molar-refractivity contribution in [2.45, 2.75) is 31.5 Å². The summed E-state index contributed by atoms with van der Waals surface area (Å²) in [6.45, 7) is 0. The van der Waals surface area contributed by atoms with E-state index in [1.54, 1.807) is 0 Å². The molecular weight excluding hydrogens is 304 g/mol. The van der Waals surface area contributed by atoms with Crippen molar-refractivity contribution in [1.29, 1.82) is 0 Å². The highest BCUT2D eigenvalue weighted by Gasteiger charge is 2.19. The van der Waals surface area contributed by atoms with Gasteiger partial charge in [0.1, 0.15) is 0 Å². The van der Waals surface area contributed by atoms with E-state index >= 15 is 0 Å². The van der Waals surface area contributed by atoms with Crippen LogP contribution >= 0.6 is 15.9 Å². The van der Waals surface area contributed by atoms with Crippen LogP contribution in [-0.4, -0.2) is 27.8 Å². The molecule has 19 heavy (non-hydrogen) atoms. The molecule has 2 nitrogen and oxygen atoms in total. The highest BCUT2D eigenvalue weighted by Crippen LogP contribution is 2.33. The molecule has 100 valence electrons.